The predicted octanol–water partition coefficient (Wildman–Crippen LogP) is 1.81. The molecule has 0 saturated heterocycles. The van der Waals surface area contributed by atoms with Crippen LogP contribution in [0, 0.1) is 5.92 Å². The minimum absolute atomic E-state index is 0.109. The molecule has 6 nitrogen and oxygen atoms in total. The maximum atomic E-state index is 12.3. The summed E-state index contributed by atoms with van der Waals surface area (Å²) in [5.74, 6) is -0.287. The van der Waals surface area contributed by atoms with Crippen molar-refractivity contribution in [3.8, 4) is 0 Å². The lowest BCUT2D eigenvalue weighted by molar-refractivity contribution is -0.123. The van der Waals surface area contributed by atoms with Crippen LogP contribution in [0.2, 0.25) is 0 Å². The van der Waals surface area contributed by atoms with E-state index in [2.05, 4.69) is 5.32 Å². The molecular weight excluding hydrogens is 304 g/mol. The van der Waals surface area contributed by atoms with Gasteiger partial charge in [0.25, 0.3) is 0 Å². The lowest BCUT2D eigenvalue weighted by Gasteiger charge is -2.36. The van der Waals surface area contributed by atoms with E-state index in [4.69, 9.17) is 0 Å². The second-order valence-electron chi connectivity index (χ2n) is 5.97. The predicted molar refractivity (Wildman–Crippen MR) is 84.6 cm³/mol. The van der Waals surface area contributed by atoms with E-state index in [-0.39, 0.29) is 22.6 Å². The van der Waals surface area contributed by atoms with Crippen LogP contribution in [-0.4, -0.2) is 32.5 Å². The molecule has 0 bridgehead atoms. The first-order valence-corrected chi connectivity index (χ1v) is 8.95. The number of carbonyl (C=O) groups excluding carboxylic acids is 2. The van der Waals surface area contributed by atoms with Crippen molar-refractivity contribution >= 4 is 33.0 Å². The highest BCUT2D eigenvalue weighted by Gasteiger charge is 2.36. The molecule has 0 aromatic heterocycles. The smallest absolute Gasteiger partial charge is 0.247 e. The Morgan fingerprint density at radius 1 is 1.36 bits per heavy atom. The molecule has 0 spiro atoms. The lowest BCUT2D eigenvalue weighted by atomic mass is 9.98. The Bertz CT molecular complexity index is 725. The van der Waals surface area contributed by atoms with Crippen molar-refractivity contribution in [3.63, 3.8) is 0 Å². The third kappa shape index (κ3) is 3.14. The number of carbonyl (C=O) groups is 2. The van der Waals surface area contributed by atoms with Crippen LogP contribution in [0.15, 0.2) is 23.1 Å². The zero-order chi connectivity index (χ0) is 16.7. The fraction of sp³-hybridized carbons (Fsp3) is 0.467. The maximum absolute atomic E-state index is 12.3. The van der Waals surface area contributed by atoms with Gasteiger partial charge in [-0.05, 0) is 30.5 Å². The van der Waals surface area contributed by atoms with Crippen LogP contribution < -0.4 is 10.2 Å². The van der Waals surface area contributed by atoms with Gasteiger partial charge in [0.2, 0.25) is 11.8 Å². The minimum atomic E-state index is -3.38. The van der Waals surface area contributed by atoms with Crippen molar-refractivity contribution in [1.29, 1.82) is 0 Å². The van der Waals surface area contributed by atoms with Crippen LogP contribution in [0.1, 0.15) is 27.2 Å². The molecule has 0 aliphatic carbocycles. The Labute approximate surface area is 130 Å². The third-order valence-corrected chi connectivity index (χ3v) is 4.67. The molecule has 2 rings (SSSR count). The molecule has 1 aliphatic heterocycles. The SMILES string of the molecule is CC(=O)N1c2ccc(S(C)(=O)=O)cc2NC(=O)C1CC(C)C. The van der Waals surface area contributed by atoms with E-state index < -0.39 is 15.9 Å². The second-order valence-corrected chi connectivity index (χ2v) is 7.99. The first-order chi connectivity index (χ1) is 10.1. The number of sulfone groups is 1. The van der Waals surface area contributed by atoms with E-state index in [1.54, 1.807) is 6.07 Å². The first-order valence-electron chi connectivity index (χ1n) is 7.06. The Balaban J connectivity index is 2.54. The topological polar surface area (TPSA) is 83.6 Å². The molecule has 1 unspecified atom stereocenters. The van der Waals surface area contributed by atoms with Gasteiger partial charge in [0.05, 0.1) is 16.3 Å². The Kier molecular flexibility index (Phi) is 4.28. The van der Waals surface area contributed by atoms with Gasteiger partial charge < -0.3 is 5.32 Å². The number of anilines is 2. The Morgan fingerprint density at radius 3 is 2.50 bits per heavy atom. The molecule has 22 heavy (non-hydrogen) atoms. The number of benzene rings is 1. The monoisotopic (exact) mass is 324 g/mol. The summed E-state index contributed by atoms with van der Waals surface area (Å²) >= 11 is 0. The van der Waals surface area contributed by atoms with Crippen molar-refractivity contribution in [3.05, 3.63) is 18.2 Å². The van der Waals surface area contributed by atoms with Crippen molar-refractivity contribution in [2.75, 3.05) is 16.5 Å². The van der Waals surface area contributed by atoms with Gasteiger partial charge in [-0.2, -0.15) is 0 Å². The third-order valence-electron chi connectivity index (χ3n) is 3.56. The van der Waals surface area contributed by atoms with Crippen molar-refractivity contribution in [1.82, 2.24) is 0 Å². The lowest BCUT2D eigenvalue weighted by Crippen LogP contribution is -2.50. The summed E-state index contributed by atoms with van der Waals surface area (Å²) in [5.41, 5.74) is 0.883. The zero-order valence-corrected chi connectivity index (χ0v) is 13.9. The number of hydrogen-bond acceptors (Lipinski definition) is 4. The van der Waals surface area contributed by atoms with Crippen molar-refractivity contribution in [2.24, 2.45) is 5.92 Å². The van der Waals surface area contributed by atoms with Crippen LogP contribution in [0.25, 0.3) is 0 Å². The van der Waals surface area contributed by atoms with Gasteiger partial charge in [0, 0.05) is 13.2 Å². The number of fused-ring (bicyclic) bond motifs is 1. The average Bonchev–Trinajstić information content (AvgIpc) is 2.36. The van der Waals surface area contributed by atoms with Crippen LogP contribution >= 0.6 is 0 Å². The van der Waals surface area contributed by atoms with Crippen LogP contribution in [-0.2, 0) is 19.4 Å². The van der Waals surface area contributed by atoms with Gasteiger partial charge in [-0.25, -0.2) is 8.42 Å². The van der Waals surface area contributed by atoms with E-state index in [1.807, 2.05) is 13.8 Å². The number of nitrogens with one attached hydrogen (secondary N) is 1. The summed E-state index contributed by atoms with van der Waals surface area (Å²) in [6.07, 6.45) is 1.64. The summed E-state index contributed by atoms with van der Waals surface area (Å²) in [6.45, 7) is 5.36. The molecule has 0 fully saturated rings. The number of rotatable bonds is 3. The molecule has 7 heteroatoms. The van der Waals surface area contributed by atoms with Crippen molar-refractivity contribution < 1.29 is 18.0 Å². The van der Waals surface area contributed by atoms with E-state index >= 15 is 0 Å². The van der Waals surface area contributed by atoms with Gasteiger partial charge in [0.15, 0.2) is 9.84 Å². The number of amides is 2. The standard InChI is InChI=1S/C15H20N2O4S/c1-9(2)7-14-15(19)16-12-8-11(22(4,20)21)5-6-13(12)17(14)10(3)18/h5-6,8-9,14H,7H2,1-4H3,(H,16,19). The van der Waals surface area contributed by atoms with E-state index in [1.165, 1.54) is 24.0 Å². The molecule has 2 amide bonds. The van der Waals surface area contributed by atoms with Gasteiger partial charge in [-0.3, -0.25) is 14.5 Å². The first kappa shape index (κ1) is 16.5. The summed E-state index contributed by atoms with van der Waals surface area (Å²) in [5, 5.41) is 2.72. The average molecular weight is 324 g/mol. The van der Waals surface area contributed by atoms with Gasteiger partial charge >= 0.3 is 0 Å². The van der Waals surface area contributed by atoms with E-state index in [0.717, 1.165) is 6.26 Å². The number of nitrogens with zero attached hydrogens (tertiary/aromatic N) is 1. The Morgan fingerprint density at radius 2 is 2.00 bits per heavy atom. The fourth-order valence-corrected chi connectivity index (χ4v) is 3.25. The molecular formula is C15H20N2O4S. The molecule has 120 valence electrons. The summed E-state index contributed by atoms with van der Waals surface area (Å²) in [4.78, 5) is 25.9. The van der Waals surface area contributed by atoms with E-state index in [0.29, 0.717) is 17.8 Å². The zero-order valence-electron chi connectivity index (χ0n) is 13.1. The quantitative estimate of drug-likeness (QED) is 0.919. The molecule has 1 aromatic rings. The molecule has 0 saturated carbocycles. The minimum Gasteiger partial charge on any atom is -0.322 e. The molecule has 1 aromatic carbocycles. The molecule has 1 N–H and O–H groups in total. The highest BCUT2D eigenvalue weighted by molar-refractivity contribution is 7.90. The largest absolute Gasteiger partial charge is 0.322 e. The molecule has 1 heterocycles. The molecule has 1 atom stereocenters. The van der Waals surface area contributed by atoms with Crippen molar-refractivity contribution in [2.45, 2.75) is 38.1 Å². The van der Waals surface area contributed by atoms with Crippen LogP contribution in [0.4, 0.5) is 11.4 Å². The normalized spacial score (nSPS) is 18.1. The van der Waals surface area contributed by atoms with Gasteiger partial charge in [-0.1, -0.05) is 13.8 Å². The Hall–Kier alpha value is -1.89. The fourth-order valence-electron chi connectivity index (χ4n) is 2.61. The maximum Gasteiger partial charge on any atom is 0.247 e. The van der Waals surface area contributed by atoms with E-state index in [9.17, 15) is 18.0 Å². The van der Waals surface area contributed by atoms with Crippen LogP contribution in [0.5, 0.6) is 0 Å². The van der Waals surface area contributed by atoms with Gasteiger partial charge in [0.1, 0.15) is 6.04 Å². The number of hydrogen-bond donors (Lipinski definition) is 1. The van der Waals surface area contributed by atoms with Crippen LogP contribution in [0.3, 0.4) is 0 Å². The second kappa shape index (κ2) is 5.72. The molecule has 0 radical (unpaired) electrons. The van der Waals surface area contributed by atoms with Gasteiger partial charge in [-0.15, -0.1) is 0 Å². The molecule has 1 aliphatic rings. The summed E-state index contributed by atoms with van der Waals surface area (Å²) in [7, 11) is -3.38. The summed E-state index contributed by atoms with van der Waals surface area (Å²) < 4.78 is 23.3. The summed E-state index contributed by atoms with van der Waals surface area (Å²) in [6, 6.07) is 3.84. The highest BCUT2D eigenvalue weighted by atomic mass is 32.2. The highest BCUT2D eigenvalue weighted by Crippen LogP contribution is 2.35.